The Balaban J connectivity index is 0.000000661. The maximum Gasteiger partial charge on any atom is -0.00808 e. The maximum atomic E-state index is 4.31. The van der Waals surface area contributed by atoms with E-state index in [1.54, 1.807) is 5.57 Å². The van der Waals surface area contributed by atoms with Crippen molar-refractivity contribution in [2.45, 2.75) is 67.7 Å². The number of hydrogen-bond acceptors (Lipinski definition) is 0. The van der Waals surface area contributed by atoms with Gasteiger partial charge < -0.3 is 0 Å². The molecule has 1 fully saturated rings. The number of fused-ring (bicyclic) bond motifs is 2. The van der Waals surface area contributed by atoms with Gasteiger partial charge in [-0.3, -0.25) is 0 Å². The summed E-state index contributed by atoms with van der Waals surface area (Å²) in [5, 5.41) is 0. The van der Waals surface area contributed by atoms with Crippen LogP contribution in [-0.2, 0) is 0 Å². The molecule has 1 saturated carbocycles. The first-order valence-corrected chi connectivity index (χ1v) is 9.15. The van der Waals surface area contributed by atoms with Crippen molar-refractivity contribution < 1.29 is 0 Å². The molecule has 124 valence electrons. The van der Waals surface area contributed by atoms with E-state index >= 15 is 0 Å². The molecule has 0 N–H and O–H groups in total. The molecule has 0 amide bonds. The van der Waals surface area contributed by atoms with Crippen molar-refractivity contribution in [3.8, 4) is 0 Å². The first kappa shape index (κ1) is 20.7. The standard InChI is InChI=1S/C16H18.3C2H6/c1-10(2)8-14-11(3)12-6-4-5-7-13(12)15-9-16(14)15;3*1-2/h5,7-8,15-16H,1,3-4,6,9H2,2H3;3*1-2H3/b14-8+;;;. The van der Waals surface area contributed by atoms with Gasteiger partial charge in [-0.15, -0.1) is 0 Å². The number of allylic oxidation sites excluding steroid dienone is 8. The highest BCUT2D eigenvalue weighted by Gasteiger charge is 2.47. The summed E-state index contributed by atoms with van der Waals surface area (Å²) >= 11 is 0. The van der Waals surface area contributed by atoms with Crippen LogP contribution in [0, 0.1) is 11.8 Å². The maximum absolute atomic E-state index is 4.31. The van der Waals surface area contributed by atoms with Crippen LogP contribution in [0.2, 0.25) is 0 Å². The minimum atomic E-state index is 0.741. The van der Waals surface area contributed by atoms with Crippen LogP contribution in [0.5, 0.6) is 0 Å². The van der Waals surface area contributed by atoms with Crippen LogP contribution in [0.1, 0.15) is 67.7 Å². The molecule has 0 heteroatoms. The monoisotopic (exact) mass is 300 g/mol. The van der Waals surface area contributed by atoms with Gasteiger partial charge in [-0.05, 0) is 60.3 Å². The van der Waals surface area contributed by atoms with E-state index in [0.29, 0.717) is 0 Å². The molecule has 3 rings (SSSR count). The third-order valence-electron chi connectivity index (χ3n) is 3.91. The molecule has 0 heterocycles. The predicted molar refractivity (Wildman–Crippen MR) is 103 cm³/mol. The van der Waals surface area contributed by atoms with Gasteiger partial charge in [0.05, 0.1) is 0 Å². The van der Waals surface area contributed by atoms with Crippen LogP contribution < -0.4 is 0 Å². The van der Waals surface area contributed by atoms with E-state index in [1.807, 2.05) is 41.5 Å². The minimum Gasteiger partial charge on any atom is -0.0961 e. The summed E-state index contributed by atoms with van der Waals surface area (Å²) < 4.78 is 0. The molecule has 2 atom stereocenters. The van der Waals surface area contributed by atoms with Crippen LogP contribution >= 0.6 is 0 Å². The van der Waals surface area contributed by atoms with E-state index in [2.05, 4.69) is 38.3 Å². The topological polar surface area (TPSA) is 0 Å². The zero-order chi connectivity index (χ0) is 17.3. The smallest absolute Gasteiger partial charge is 0.00808 e. The molecule has 0 aromatic carbocycles. The summed E-state index contributed by atoms with van der Waals surface area (Å²) in [6.45, 7) is 22.4. The summed E-state index contributed by atoms with van der Waals surface area (Å²) in [5.74, 6) is 1.54. The average molecular weight is 301 g/mol. The van der Waals surface area contributed by atoms with Gasteiger partial charge in [0.15, 0.2) is 0 Å². The number of hydrogen-bond donors (Lipinski definition) is 0. The highest BCUT2D eigenvalue weighted by Crippen LogP contribution is 2.58. The molecule has 0 radical (unpaired) electrons. The third kappa shape index (κ3) is 4.60. The van der Waals surface area contributed by atoms with Gasteiger partial charge in [-0.1, -0.05) is 78.5 Å². The van der Waals surface area contributed by atoms with E-state index in [9.17, 15) is 0 Å². The second kappa shape index (κ2) is 10.4. The van der Waals surface area contributed by atoms with Gasteiger partial charge in [0, 0.05) is 0 Å². The Bertz CT molecular complexity index is 468. The van der Waals surface area contributed by atoms with E-state index in [4.69, 9.17) is 0 Å². The molecule has 0 aromatic heterocycles. The van der Waals surface area contributed by atoms with Crippen molar-refractivity contribution in [1.29, 1.82) is 0 Å². The Morgan fingerprint density at radius 3 is 2.23 bits per heavy atom. The largest absolute Gasteiger partial charge is 0.0961 e. The zero-order valence-electron chi connectivity index (χ0n) is 15.9. The van der Waals surface area contributed by atoms with Crippen LogP contribution in [0.4, 0.5) is 0 Å². The lowest BCUT2D eigenvalue weighted by Gasteiger charge is -2.25. The fourth-order valence-corrected chi connectivity index (χ4v) is 3.10. The summed E-state index contributed by atoms with van der Waals surface area (Å²) in [6, 6.07) is 0. The first-order valence-electron chi connectivity index (χ1n) is 9.15. The molecule has 3 aliphatic rings. The summed E-state index contributed by atoms with van der Waals surface area (Å²) in [6.07, 6.45) is 10.6. The second-order valence-electron chi connectivity index (χ2n) is 5.25. The molecule has 0 nitrogen and oxygen atoms in total. The first-order chi connectivity index (χ1) is 10.7. The van der Waals surface area contributed by atoms with Crippen molar-refractivity contribution in [3.05, 3.63) is 59.3 Å². The lowest BCUT2D eigenvalue weighted by atomic mass is 9.79. The second-order valence-corrected chi connectivity index (χ2v) is 5.25. The fraction of sp³-hybridized carbons (Fsp3) is 0.545. The normalized spacial score (nSPS) is 25.4. The van der Waals surface area contributed by atoms with Crippen molar-refractivity contribution in [1.82, 2.24) is 0 Å². The Hall–Kier alpha value is -1.30. The van der Waals surface area contributed by atoms with Crippen molar-refractivity contribution in [2.75, 3.05) is 0 Å². The van der Waals surface area contributed by atoms with Crippen molar-refractivity contribution in [2.24, 2.45) is 11.8 Å². The highest BCUT2D eigenvalue weighted by atomic mass is 14.5. The van der Waals surface area contributed by atoms with Gasteiger partial charge in [0.25, 0.3) is 0 Å². The molecule has 0 spiro atoms. The molecule has 3 aliphatic carbocycles. The molecule has 0 bridgehead atoms. The van der Waals surface area contributed by atoms with Crippen LogP contribution in [0.25, 0.3) is 0 Å². The van der Waals surface area contributed by atoms with Crippen LogP contribution in [0.15, 0.2) is 59.3 Å². The predicted octanol–water partition coefficient (Wildman–Crippen LogP) is 7.42. The molecular weight excluding hydrogens is 264 g/mol. The average Bonchev–Trinajstić information content (AvgIpc) is 3.38. The molecule has 0 aromatic rings. The summed E-state index contributed by atoms with van der Waals surface area (Å²) in [4.78, 5) is 0. The van der Waals surface area contributed by atoms with Crippen LogP contribution in [-0.4, -0.2) is 0 Å². The molecule has 0 aliphatic heterocycles. The molecule has 22 heavy (non-hydrogen) atoms. The number of rotatable bonds is 1. The molecule has 0 saturated heterocycles. The van der Waals surface area contributed by atoms with Gasteiger partial charge in [-0.25, -0.2) is 0 Å². The minimum absolute atomic E-state index is 0.741. The highest BCUT2D eigenvalue weighted by molar-refractivity contribution is 5.61. The SMILES string of the molecule is C=C(C)/C=C1\C(=C)C2=C(C=CCC2)C2CC12.CC.CC.CC. The Morgan fingerprint density at radius 1 is 1.09 bits per heavy atom. The van der Waals surface area contributed by atoms with Crippen LogP contribution in [0.3, 0.4) is 0 Å². The van der Waals surface area contributed by atoms with Gasteiger partial charge in [0.1, 0.15) is 0 Å². The molecule has 2 unspecified atom stereocenters. The lowest BCUT2D eigenvalue weighted by Crippen LogP contribution is -2.09. The van der Waals surface area contributed by atoms with E-state index in [0.717, 1.165) is 17.4 Å². The quantitative estimate of drug-likeness (QED) is 0.472. The van der Waals surface area contributed by atoms with Gasteiger partial charge in [-0.2, -0.15) is 0 Å². The Morgan fingerprint density at radius 2 is 1.68 bits per heavy atom. The lowest BCUT2D eigenvalue weighted by molar-refractivity contribution is 0.810. The summed E-state index contributed by atoms with van der Waals surface area (Å²) in [7, 11) is 0. The van der Waals surface area contributed by atoms with Gasteiger partial charge >= 0.3 is 0 Å². The fourth-order valence-electron chi connectivity index (χ4n) is 3.10. The van der Waals surface area contributed by atoms with Crippen molar-refractivity contribution in [3.63, 3.8) is 0 Å². The van der Waals surface area contributed by atoms with Crippen molar-refractivity contribution >= 4 is 0 Å². The van der Waals surface area contributed by atoms with Gasteiger partial charge in [0.2, 0.25) is 0 Å². The third-order valence-corrected chi connectivity index (χ3v) is 3.91. The zero-order valence-corrected chi connectivity index (χ0v) is 15.9. The Labute approximate surface area is 139 Å². The van der Waals surface area contributed by atoms with E-state index < -0.39 is 0 Å². The van der Waals surface area contributed by atoms with E-state index in [-0.39, 0.29) is 0 Å². The Kier molecular flexibility index (Phi) is 9.81. The molecular formula is C22H36. The van der Waals surface area contributed by atoms with E-state index in [1.165, 1.54) is 36.0 Å². The summed E-state index contributed by atoms with van der Waals surface area (Å²) in [5.41, 5.74) is 7.01.